The van der Waals surface area contributed by atoms with Crippen LogP contribution in [0.3, 0.4) is 0 Å². The number of hydrazine groups is 1. The van der Waals surface area contributed by atoms with Gasteiger partial charge in [-0.3, -0.25) is 9.69 Å². The van der Waals surface area contributed by atoms with Gasteiger partial charge in [0.1, 0.15) is 12.6 Å². The lowest BCUT2D eigenvalue weighted by Gasteiger charge is -2.20. The molecule has 6 N–H and O–H groups in total. The van der Waals surface area contributed by atoms with Crippen molar-refractivity contribution >= 4 is 22.5 Å². The SMILES string of the molecule is CCC(C)C1NC2=C(CCC[N+](=N)N)[NH+]=C(c3c[nH]c4ccccc34)CN2C1=O. The van der Waals surface area contributed by atoms with Crippen LogP contribution in [0.5, 0.6) is 0 Å². The van der Waals surface area contributed by atoms with Gasteiger partial charge < -0.3 is 10.3 Å². The predicted molar refractivity (Wildman–Crippen MR) is 110 cm³/mol. The minimum Gasteiger partial charge on any atom is -0.360 e. The number of nitrogens with one attached hydrogen (secondary N) is 4. The molecule has 29 heavy (non-hydrogen) atoms. The maximum absolute atomic E-state index is 13.2. The first kappa shape index (κ1) is 19.2. The summed E-state index contributed by atoms with van der Waals surface area (Å²) in [6, 6.07) is 7.98. The average Bonchev–Trinajstić information content (AvgIpc) is 3.29. The molecule has 1 saturated heterocycles. The molecule has 1 amide bonds. The van der Waals surface area contributed by atoms with Crippen molar-refractivity contribution in [3.63, 3.8) is 0 Å². The van der Waals surface area contributed by atoms with Crippen LogP contribution in [0, 0.1) is 11.4 Å². The number of hydrogen-bond acceptors (Lipinski definition) is 3. The predicted octanol–water partition coefficient (Wildman–Crippen LogP) is 0.764. The number of hydrogen-bond donors (Lipinski definition) is 5. The highest BCUT2D eigenvalue weighted by molar-refractivity contribution is 6.10. The van der Waals surface area contributed by atoms with Crippen molar-refractivity contribution in [2.75, 3.05) is 13.1 Å². The first-order valence-corrected chi connectivity index (χ1v) is 10.2. The second kappa shape index (κ2) is 7.69. The monoisotopic (exact) mass is 395 g/mol. The fourth-order valence-corrected chi connectivity index (χ4v) is 4.11. The van der Waals surface area contributed by atoms with E-state index in [1.807, 2.05) is 23.2 Å². The summed E-state index contributed by atoms with van der Waals surface area (Å²) >= 11 is 0. The lowest BCUT2D eigenvalue weighted by atomic mass is 9.99. The Bertz CT molecular complexity index is 1020. The smallest absolute Gasteiger partial charge is 0.251 e. The van der Waals surface area contributed by atoms with Gasteiger partial charge in [-0.2, -0.15) is 5.84 Å². The fourth-order valence-electron chi connectivity index (χ4n) is 4.11. The zero-order chi connectivity index (χ0) is 20.5. The van der Waals surface area contributed by atoms with Crippen molar-refractivity contribution in [2.24, 2.45) is 11.8 Å². The van der Waals surface area contributed by atoms with E-state index in [1.54, 1.807) is 0 Å². The Balaban J connectivity index is 1.71. The number of aromatic nitrogens is 1. The molecule has 0 radical (unpaired) electrons. The summed E-state index contributed by atoms with van der Waals surface area (Å²) in [6.45, 7) is 5.20. The quantitative estimate of drug-likeness (QED) is 0.206. The van der Waals surface area contributed by atoms with E-state index < -0.39 is 0 Å². The van der Waals surface area contributed by atoms with Crippen LogP contribution in [-0.4, -0.2) is 45.4 Å². The zero-order valence-electron chi connectivity index (χ0n) is 17.0. The summed E-state index contributed by atoms with van der Waals surface area (Å²) < 4.78 is 0. The molecule has 0 aliphatic carbocycles. The molecule has 2 unspecified atom stereocenters. The zero-order valence-corrected chi connectivity index (χ0v) is 17.0. The molecule has 152 valence electrons. The first-order valence-electron chi connectivity index (χ1n) is 10.2. The number of rotatable bonds is 7. The Morgan fingerprint density at radius 2 is 2.21 bits per heavy atom. The third-order valence-electron chi connectivity index (χ3n) is 5.95. The molecule has 1 aromatic heterocycles. The molecule has 2 atom stereocenters. The van der Waals surface area contributed by atoms with Crippen LogP contribution in [0.4, 0.5) is 0 Å². The van der Waals surface area contributed by atoms with E-state index in [-0.39, 0.29) is 17.9 Å². The van der Waals surface area contributed by atoms with E-state index in [4.69, 9.17) is 11.4 Å². The minimum atomic E-state index is -0.198. The number of carbonyl (C=O) groups excluding carboxylic acids is 1. The van der Waals surface area contributed by atoms with Crippen LogP contribution in [0.25, 0.3) is 10.9 Å². The van der Waals surface area contributed by atoms with Crippen molar-refractivity contribution in [2.45, 2.75) is 39.2 Å². The Morgan fingerprint density at radius 1 is 1.41 bits per heavy atom. The molecule has 2 aliphatic heterocycles. The summed E-state index contributed by atoms with van der Waals surface area (Å²) in [5, 5.41) is 4.60. The topological polar surface area (TPSA) is 115 Å². The Labute approximate surface area is 169 Å². The van der Waals surface area contributed by atoms with Gasteiger partial charge in [0.05, 0.1) is 5.56 Å². The van der Waals surface area contributed by atoms with Crippen LogP contribution in [-0.2, 0) is 4.79 Å². The maximum atomic E-state index is 13.2. The molecule has 2 aliphatic rings. The molecule has 3 heterocycles. The molecule has 1 aromatic carbocycles. The number of allylic oxidation sites excluding steroid dienone is 1. The summed E-state index contributed by atoms with van der Waals surface area (Å²) in [5.74, 6) is 6.72. The number of carbonyl (C=O) groups is 1. The Hall–Kier alpha value is -3.16. The van der Waals surface area contributed by atoms with Gasteiger partial charge in [-0.25, -0.2) is 4.99 Å². The van der Waals surface area contributed by atoms with Gasteiger partial charge in [0.15, 0.2) is 12.4 Å². The van der Waals surface area contributed by atoms with Gasteiger partial charge in [-0.05, 0) is 22.3 Å². The third-order valence-corrected chi connectivity index (χ3v) is 5.95. The number of aromatic amines is 1. The van der Waals surface area contributed by atoms with Gasteiger partial charge in [0.2, 0.25) is 11.4 Å². The number of nitrogens with two attached hydrogens (primary N) is 1. The molecule has 4 rings (SSSR count). The third kappa shape index (κ3) is 3.50. The molecule has 0 spiro atoms. The van der Waals surface area contributed by atoms with Gasteiger partial charge in [-0.1, -0.05) is 38.5 Å². The highest BCUT2D eigenvalue weighted by atomic mass is 16.2. The van der Waals surface area contributed by atoms with Gasteiger partial charge in [0, 0.05) is 29.9 Å². The lowest BCUT2D eigenvalue weighted by Crippen LogP contribution is -2.76. The number of fused-ring (bicyclic) bond motifs is 2. The molecule has 1 fully saturated rings. The summed E-state index contributed by atoms with van der Waals surface area (Å²) in [6.07, 6.45) is 4.37. The van der Waals surface area contributed by atoms with Gasteiger partial charge in [-0.15, -0.1) is 0 Å². The molecular formula is C21H29N7O+2. The van der Waals surface area contributed by atoms with E-state index in [0.717, 1.165) is 51.3 Å². The summed E-state index contributed by atoms with van der Waals surface area (Å²) in [5.41, 5.74) is 11.6. The second-order valence-corrected chi connectivity index (χ2v) is 7.91. The molecule has 8 nitrogen and oxygen atoms in total. The molecule has 8 heteroatoms. The van der Waals surface area contributed by atoms with E-state index in [0.29, 0.717) is 19.5 Å². The van der Waals surface area contributed by atoms with E-state index in [1.165, 1.54) is 0 Å². The average molecular weight is 396 g/mol. The van der Waals surface area contributed by atoms with E-state index in [2.05, 4.69) is 41.3 Å². The molecule has 2 aromatic rings. The van der Waals surface area contributed by atoms with Crippen LogP contribution >= 0.6 is 0 Å². The number of nitrogens with zero attached hydrogens (tertiary/aromatic N) is 2. The largest absolute Gasteiger partial charge is 0.360 e. The first-order chi connectivity index (χ1) is 14.0. The van der Waals surface area contributed by atoms with Crippen molar-refractivity contribution < 1.29 is 14.6 Å². The highest BCUT2D eigenvalue weighted by Gasteiger charge is 2.44. The molecule has 0 bridgehead atoms. The molecular weight excluding hydrogens is 366 g/mol. The number of amides is 1. The normalized spacial score (nSPS) is 19.9. The van der Waals surface area contributed by atoms with Crippen molar-refractivity contribution in [3.8, 4) is 0 Å². The summed E-state index contributed by atoms with van der Waals surface area (Å²) in [4.78, 5) is 22.9. The van der Waals surface area contributed by atoms with E-state index >= 15 is 0 Å². The standard InChI is InChI=1S/C21H27N7O/c1-3-13(2)19-21(29)27-12-18(15-11-24-16-8-5-4-7-14(15)16)25-17(20(27)26-19)9-6-10-28(22)23/h4-5,7-8,11,13,19H,3,6,9-10,12,22-23H2,1-2H3/p+2. The highest BCUT2D eigenvalue weighted by Crippen LogP contribution is 2.26. The Morgan fingerprint density at radius 3 is 2.97 bits per heavy atom. The molecule has 0 saturated carbocycles. The van der Waals surface area contributed by atoms with Gasteiger partial charge in [0.25, 0.3) is 5.91 Å². The van der Waals surface area contributed by atoms with Crippen molar-refractivity contribution in [1.29, 1.82) is 5.53 Å². The van der Waals surface area contributed by atoms with Crippen molar-refractivity contribution in [1.82, 2.24) is 15.2 Å². The van der Waals surface area contributed by atoms with Crippen LogP contribution in [0.1, 0.15) is 38.7 Å². The number of para-hydroxylation sites is 1. The van der Waals surface area contributed by atoms with Crippen LogP contribution in [0.15, 0.2) is 42.0 Å². The Kier molecular flexibility index (Phi) is 5.08. The number of H-pyrrole nitrogens is 1. The van der Waals surface area contributed by atoms with Crippen LogP contribution in [0.2, 0.25) is 0 Å². The number of benzene rings is 1. The lowest BCUT2D eigenvalue weighted by molar-refractivity contribution is -0.626. The minimum absolute atomic E-state index is 0.131. The fraction of sp³-hybridized carbons (Fsp3) is 0.429. The van der Waals surface area contributed by atoms with Gasteiger partial charge >= 0.3 is 0 Å². The van der Waals surface area contributed by atoms with E-state index in [9.17, 15) is 4.79 Å². The van der Waals surface area contributed by atoms with Crippen molar-refractivity contribution in [3.05, 3.63) is 47.5 Å². The van der Waals surface area contributed by atoms with Crippen LogP contribution < -0.4 is 16.2 Å². The summed E-state index contributed by atoms with van der Waals surface area (Å²) in [7, 11) is 0. The maximum Gasteiger partial charge on any atom is 0.251 e. The second-order valence-electron chi connectivity index (χ2n) is 7.91.